The zero-order valence-corrected chi connectivity index (χ0v) is 11.6. The molecule has 1 aromatic rings. The van der Waals surface area contributed by atoms with Crippen LogP contribution in [0.2, 0.25) is 13.1 Å². The minimum atomic E-state index is -1.38. The van der Waals surface area contributed by atoms with Crippen LogP contribution in [0.5, 0.6) is 0 Å². The first-order valence-electron chi connectivity index (χ1n) is 6.52. The topological polar surface area (TPSA) is 3.24 Å². The van der Waals surface area contributed by atoms with Crippen molar-refractivity contribution in [3.8, 4) is 0 Å². The van der Waals surface area contributed by atoms with Gasteiger partial charge in [0.15, 0.2) is 8.24 Å². The van der Waals surface area contributed by atoms with Gasteiger partial charge < -0.3 is 4.57 Å². The van der Waals surface area contributed by atoms with Crippen LogP contribution in [0.15, 0.2) is 30.3 Å². The van der Waals surface area contributed by atoms with E-state index in [9.17, 15) is 0 Å². The first-order chi connectivity index (χ1) is 7.71. The Morgan fingerprint density at radius 3 is 2.00 bits per heavy atom. The molecule has 0 spiro atoms. The zero-order chi connectivity index (χ0) is 11.4. The lowest BCUT2D eigenvalue weighted by molar-refractivity contribution is 0.443. The van der Waals surface area contributed by atoms with Gasteiger partial charge in [-0.1, -0.05) is 56.3 Å². The molecule has 1 aliphatic heterocycles. The van der Waals surface area contributed by atoms with E-state index in [0.29, 0.717) is 0 Å². The highest BCUT2D eigenvalue weighted by Gasteiger charge is 2.31. The third kappa shape index (κ3) is 2.55. The van der Waals surface area contributed by atoms with Crippen molar-refractivity contribution in [2.45, 2.75) is 38.8 Å². The Bertz CT molecular complexity index is 313. The standard InChI is InChI=1S/C14H23NSi/c1-16(2,14-10-6-5-7-11-14)15-12-8-3-4-9-13-15/h5-7,10-11H,3-4,8-9,12-13H2,1-2H3. The molecule has 0 bridgehead atoms. The number of rotatable bonds is 2. The maximum atomic E-state index is 2.79. The quantitative estimate of drug-likeness (QED) is 0.710. The van der Waals surface area contributed by atoms with Crippen LogP contribution in [-0.2, 0) is 0 Å². The van der Waals surface area contributed by atoms with E-state index >= 15 is 0 Å². The molecule has 0 aliphatic carbocycles. The maximum absolute atomic E-state index is 2.79. The Morgan fingerprint density at radius 2 is 1.44 bits per heavy atom. The molecule has 1 aromatic carbocycles. The highest BCUT2D eigenvalue weighted by Crippen LogP contribution is 2.17. The lowest BCUT2D eigenvalue weighted by Gasteiger charge is -2.36. The van der Waals surface area contributed by atoms with Gasteiger partial charge in [0.1, 0.15) is 0 Å². The van der Waals surface area contributed by atoms with Gasteiger partial charge >= 0.3 is 0 Å². The van der Waals surface area contributed by atoms with Crippen LogP contribution in [0, 0.1) is 0 Å². The van der Waals surface area contributed by atoms with Crippen molar-refractivity contribution >= 4 is 13.4 Å². The van der Waals surface area contributed by atoms with Gasteiger partial charge in [-0.3, -0.25) is 0 Å². The minimum absolute atomic E-state index is 1.31. The van der Waals surface area contributed by atoms with Crippen molar-refractivity contribution in [2.75, 3.05) is 13.1 Å². The molecule has 0 amide bonds. The number of hydrogen-bond donors (Lipinski definition) is 0. The number of hydrogen-bond acceptors (Lipinski definition) is 1. The summed E-state index contributed by atoms with van der Waals surface area (Å²) in [5.74, 6) is 0. The smallest absolute Gasteiger partial charge is 0.154 e. The van der Waals surface area contributed by atoms with Crippen molar-refractivity contribution < 1.29 is 0 Å². The number of nitrogens with zero attached hydrogens (tertiary/aromatic N) is 1. The van der Waals surface area contributed by atoms with E-state index < -0.39 is 8.24 Å². The Kier molecular flexibility index (Phi) is 3.82. The number of benzene rings is 1. The second-order valence-electron chi connectivity index (χ2n) is 5.33. The van der Waals surface area contributed by atoms with E-state index in [1.165, 1.54) is 38.8 Å². The van der Waals surface area contributed by atoms with Crippen molar-refractivity contribution in [1.29, 1.82) is 0 Å². The largest absolute Gasteiger partial charge is 0.320 e. The van der Waals surface area contributed by atoms with Crippen LogP contribution in [0.4, 0.5) is 0 Å². The molecule has 1 saturated heterocycles. The first kappa shape index (κ1) is 11.9. The summed E-state index contributed by atoms with van der Waals surface area (Å²) in [5, 5.41) is 1.58. The first-order valence-corrected chi connectivity index (χ1v) is 9.46. The van der Waals surface area contributed by atoms with Crippen molar-refractivity contribution in [3.63, 3.8) is 0 Å². The highest BCUT2D eigenvalue weighted by molar-refractivity contribution is 6.87. The average Bonchev–Trinajstić information content (AvgIpc) is 2.59. The Labute approximate surface area is 101 Å². The molecule has 1 heterocycles. The normalized spacial score (nSPS) is 19.4. The summed E-state index contributed by atoms with van der Waals surface area (Å²) in [7, 11) is -1.38. The zero-order valence-electron chi connectivity index (χ0n) is 10.6. The molecular weight excluding hydrogens is 210 g/mol. The molecule has 0 N–H and O–H groups in total. The Hall–Kier alpha value is -0.603. The maximum Gasteiger partial charge on any atom is 0.154 e. The molecule has 1 aliphatic rings. The van der Waals surface area contributed by atoms with Gasteiger partial charge in [0.05, 0.1) is 0 Å². The van der Waals surface area contributed by atoms with Crippen LogP contribution in [0.3, 0.4) is 0 Å². The lowest BCUT2D eigenvalue weighted by Crippen LogP contribution is -2.58. The van der Waals surface area contributed by atoms with E-state index in [2.05, 4.69) is 48.0 Å². The molecule has 2 rings (SSSR count). The van der Waals surface area contributed by atoms with E-state index in [0.717, 1.165) is 0 Å². The highest BCUT2D eigenvalue weighted by atomic mass is 28.3. The fourth-order valence-corrected chi connectivity index (χ4v) is 5.47. The van der Waals surface area contributed by atoms with Crippen molar-refractivity contribution in [2.24, 2.45) is 0 Å². The van der Waals surface area contributed by atoms with Gasteiger partial charge in [0.25, 0.3) is 0 Å². The molecule has 0 unspecified atom stereocenters. The van der Waals surface area contributed by atoms with Crippen LogP contribution in [0.1, 0.15) is 25.7 Å². The van der Waals surface area contributed by atoms with Gasteiger partial charge in [-0.2, -0.15) is 0 Å². The van der Waals surface area contributed by atoms with Crippen LogP contribution in [0.25, 0.3) is 0 Å². The summed E-state index contributed by atoms with van der Waals surface area (Å²) in [6, 6.07) is 11.1. The molecular formula is C14H23NSi. The van der Waals surface area contributed by atoms with Gasteiger partial charge in [0.2, 0.25) is 0 Å². The average molecular weight is 233 g/mol. The van der Waals surface area contributed by atoms with Crippen LogP contribution in [-0.4, -0.2) is 25.9 Å². The van der Waals surface area contributed by atoms with Gasteiger partial charge in [-0.15, -0.1) is 0 Å². The molecule has 0 radical (unpaired) electrons. The summed E-state index contributed by atoms with van der Waals surface area (Å²) >= 11 is 0. The molecule has 16 heavy (non-hydrogen) atoms. The summed E-state index contributed by atoms with van der Waals surface area (Å²) in [4.78, 5) is 0. The molecule has 0 atom stereocenters. The summed E-state index contributed by atoms with van der Waals surface area (Å²) in [6.07, 6.45) is 5.64. The molecule has 1 nitrogen and oxygen atoms in total. The predicted molar refractivity (Wildman–Crippen MR) is 73.6 cm³/mol. The van der Waals surface area contributed by atoms with E-state index in [-0.39, 0.29) is 0 Å². The fraction of sp³-hybridized carbons (Fsp3) is 0.571. The molecule has 0 aromatic heterocycles. The summed E-state index contributed by atoms with van der Waals surface area (Å²) < 4.78 is 2.79. The molecule has 2 heteroatoms. The summed E-state index contributed by atoms with van der Waals surface area (Å²) in [5.41, 5.74) is 0. The Morgan fingerprint density at radius 1 is 0.875 bits per heavy atom. The molecule has 0 saturated carbocycles. The van der Waals surface area contributed by atoms with Crippen molar-refractivity contribution in [3.05, 3.63) is 30.3 Å². The van der Waals surface area contributed by atoms with Crippen LogP contribution < -0.4 is 5.19 Å². The van der Waals surface area contributed by atoms with Gasteiger partial charge in [0, 0.05) is 0 Å². The third-order valence-electron chi connectivity index (χ3n) is 3.88. The third-order valence-corrected chi connectivity index (χ3v) is 7.65. The monoisotopic (exact) mass is 233 g/mol. The summed E-state index contributed by atoms with van der Waals surface area (Å²) in [6.45, 7) is 7.61. The lowest BCUT2D eigenvalue weighted by atomic mass is 10.2. The molecule has 1 fully saturated rings. The second-order valence-corrected chi connectivity index (χ2v) is 9.65. The fourth-order valence-electron chi connectivity index (χ4n) is 2.66. The minimum Gasteiger partial charge on any atom is -0.320 e. The van der Waals surface area contributed by atoms with Crippen molar-refractivity contribution in [1.82, 2.24) is 4.57 Å². The second kappa shape index (κ2) is 5.15. The van der Waals surface area contributed by atoms with E-state index in [1.54, 1.807) is 5.19 Å². The van der Waals surface area contributed by atoms with E-state index in [1.807, 2.05) is 0 Å². The van der Waals surface area contributed by atoms with E-state index in [4.69, 9.17) is 0 Å². The van der Waals surface area contributed by atoms with Crippen LogP contribution >= 0.6 is 0 Å². The molecule has 88 valence electrons. The Balaban J connectivity index is 2.16. The van der Waals surface area contributed by atoms with Gasteiger partial charge in [-0.05, 0) is 31.1 Å². The SMILES string of the molecule is C[Si](C)(c1ccccc1)N1CCCCCC1. The van der Waals surface area contributed by atoms with Gasteiger partial charge in [-0.25, -0.2) is 0 Å². The predicted octanol–water partition coefficient (Wildman–Crippen LogP) is 2.97.